The first kappa shape index (κ1) is 24.1. The van der Waals surface area contributed by atoms with Crippen LogP contribution in [-0.2, 0) is 0 Å². The van der Waals surface area contributed by atoms with Crippen LogP contribution in [0.3, 0.4) is 0 Å². The number of carbonyl (C=O) groups is 3. The van der Waals surface area contributed by atoms with E-state index < -0.39 is 17.4 Å². The summed E-state index contributed by atoms with van der Waals surface area (Å²) in [4.78, 5) is 43.6. The molecule has 0 fully saturated rings. The van der Waals surface area contributed by atoms with Gasteiger partial charge in [-0.25, -0.2) is 0 Å². The Bertz CT molecular complexity index is 1720. The Kier molecular flexibility index (Phi) is 5.29. The van der Waals surface area contributed by atoms with Crippen LogP contribution in [0.25, 0.3) is 5.70 Å². The van der Waals surface area contributed by atoms with Crippen LogP contribution in [0.4, 0.5) is 0 Å². The predicted molar refractivity (Wildman–Crippen MR) is 150 cm³/mol. The molecule has 4 aromatic carbocycles. The summed E-state index contributed by atoms with van der Waals surface area (Å²) in [6.45, 7) is 0. The maximum atomic E-state index is 14.7. The van der Waals surface area contributed by atoms with Gasteiger partial charge in [-0.1, -0.05) is 72.8 Å². The lowest BCUT2D eigenvalue weighted by Gasteiger charge is -2.46. The number of ketones is 3. The fourth-order valence-corrected chi connectivity index (χ4v) is 6.71. The highest BCUT2D eigenvalue weighted by atomic mass is 16.5. The van der Waals surface area contributed by atoms with Crippen molar-refractivity contribution in [3.05, 3.63) is 136 Å². The van der Waals surface area contributed by atoms with Crippen molar-refractivity contribution in [3.63, 3.8) is 0 Å². The van der Waals surface area contributed by atoms with E-state index >= 15 is 0 Å². The summed E-state index contributed by atoms with van der Waals surface area (Å²) in [5.74, 6) is -0.304. The van der Waals surface area contributed by atoms with Crippen LogP contribution in [0.1, 0.15) is 59.7 Å². The zero-order valence-corrected chi connectivity index (χ0v) is 21.9. The zero-order chi connectivity index (χ0) is 27.6. The smallest absolute Gasteiger partial charge is 0.192 e. The highest BCUT2D eigenvalue weighted by Crippen LogP contribution is 2.62. The number of nitrogens with one attached hydrogen (secondary N) is 1. The lowest BCUT2D eigenvalue weighted by molar-refractivity contribution is 0.0583. The molecule has 0 saturated carbocycles. The number of fused-ring (bicyclic) bond motifs is 3. The normalized spacial score (nSPS) is 20.2. The van der Waals surface area contributed by atoms with Gasteiger partial charge in [-0.15, -0.1) is 0 Å². The second kappa shape index (κ2) is 8.78. The first-order valence-electron chi connectivity index (χ1n) is 13.1. The first-order valence-corrected chi connectivity index (χ1v) is 13.1. The molecule has 1 spiro atoms. The molecule has 6 nitrogen and oxygen atoms in total. The molecule has 2 aliphatic carbocycles. The molecule has 7 rings (SSSR count). The number of benzene rings is 4. The highest BCUT2D eigenvalue weighted by molar-refractivity contribution is 6.33. The van der Waals surface area contributed by atoms with Gasteiger partial charge in [-0.2, -0.15) is 0 Å². The largest absolute Gasteiger partial charge is 0.497 e. The monoisotopic (exact) mass is 527 g/mol. The molecule has 196 valence electrons. The number of hydrogen-bond acceptors (Lipinski definition) is 6. The molecule has 4 aromatic rings. The number of ether oxygens (including phenoxy) is 2. The maximum Gasteiger partial charge on any atom is 0.192 e. The van der Waals surface area contributed by atoms with Crippen LogP contribution in [0.5, 0.6) is 11.5 Å². The number of methoxy groups -OCH3 is 2. The van der Waals surface area contributed by atoms with Crippen LogP contribution in [0.15, 0.2) is 103 Å². The summed E-state index contributed by atoms with van der Waals surface area (Å²) in [5.41, 5.74) is 2.97. The predicted octanol–water partition coefficient (Wildman–Crippen LogP) is 5.81. The molecule has 0 saturated heterocycles. The van der Waals surface area contributed by atoms with Crippen LogP contribution in [0, 0.1) is 5.41 Å². The van der Waals surface area contributed by atoms with Crippen molar-refractivity contribution >= 4 is 23.0 Å². The van der Waals surface area contributed by atoms with Crippen molar-refractivity contribution in [1.29, 1.82) is 0 Å². The average Bonchev–Trinajstić information content (AvgIpc) is 3.41. The number of carbonyl (C=O) groups excluding carboxylic acids is 3. The number of rotatable bonds is 4. The van der Waals surface area contributed by atoms with Gasteiger partial charge in [0.1, 0.15) is 16.9 Å². The second-order valence-corrected chi connectivity index (χ2v) is 10.3. The summed E-state index contributed by atoms with van der Waals surface area (Å²) in [5, 5.41) is 3.56. The van der Waals surface area contributed by atoms with Gasteiger partial charge in [0.25, 0.3) is 0 Å². The lowest BCUT2D eigenvalue weighted by Crippen LogP contribution is -2.53. The van der Waals surface area contributed by atoms with Crippen molar-refractivity contribution in [1.82, 2.24) is 5.32 Å². The van der Waals surface area contributed by atoms with Crippen LogP contribution in [0.2, 0.25) is 0 Å². The molecule has 40 heavy (non-hydrogen) atoms. The minimum Gasteiger partial charge on any atom is -0.497 e. The van der Waals surface area contributed by atoms with Gasteiger partial charge < -0.3 is 14.8 Å². The van der Waals surface area contributed by atoms with Crippen molar-refractivity contribution in [3.8, 4) is 11.5 Å². The van der Waals surface area contributed by atoms with E-state index in [9.17, 15) is 14.4 Å². The third-order valence-corrected chi connectivity index (χ3v) is 8.51. The molecule has 0 bridgehead atoms. The molecule has 6 heteroatoms. The lowest BCUT2D eigenvalue weighted by atomic mass is 9.58. The van der Waals surface area contributed by atoms with Crippen molar-refractivity contribution in [2.45, 2.75) is 12.0 Å². The Morgan fingerprint density at radius 1 is 0.600 bits per heavy atom. The van der Waals surface area contributed by atoms with Gasteiger partial charge in [0.2, 0.25) is 0 Å². The Hall–Kier alpha value is -4.97. The standard InChI is InChI=1S/C34H25NO5/c1-39-21-15-11-19(12-16-21)28-27-29(23-7-3-4-8-24(23)30(27)36)35-31(20-13-17-22(40-2)18-14-20)34(28)32(37)25-9-5-6-10-26(25)33(34)38/h3-18,28,31,35H,1-2H3. The SMILES string of the molecule is COc1ccc(C2NC3=C(C(=O)c4ccccc43)C(c3ccc(OC)cc3)C23C(=O)c2ccccc2C3=O)cc1. The van der Waals surface area contributed by atoms with Crippen LogP contribution >= 0.6 is 0 Å². The Labute approximate surface area is 231 Å². The number of allylic oxidation sites excluding steroid dienone is 1. The van der Waals surface area contributed by atoms with Crippen LogP contribution < -0.4 is 14.8 Å². The maximum absolute atomic E-state index is 14.7. The quantitative estimate of drug-likeness (QED) is 0.338. The van der Waals surface area contributed by atoms with E-state index in [1.54, 1.807) is 56.7 Å². The Balaban J connectivity index is 1.56. The molecule has 0 radical (unpaired) electrons. The van der Waals surface area contributed by atoms with Gasteiger partial charge in [0.05, 0.1) is 26.0 Å². The molecule has 2 unspecified atom stereocenters. The number of Topliss-reactive ketones (excluding diaryl/α,β-unsaturated/α-hetero) is 3. The van der Waals surface area contributed by atoms with E-state index in [0.717, 1.165) is 11.1 Å². The summed E-state index contributed by atoms with van der Waals surface area (Å²) in [6, 6.07) is 28.3. The molecule has 2 atom stereocenters. The fourth-order valence-electron chi connectivity index (χ4n) is 6.71. The minimum atomic E-state index is -1.64. The molecule has 3 aliphatic rings. The molecule has 1 aliphatic heterocycles. The fraction of sp³-hybridized carbons (Fsp3) is 0.147. The summed E-state index contributed by atoms with van der Waals surface area (Å²) < 4.78 is 10.8. The van der Waals surface area contributed by atoms with E-state index in [1.165, 1.54) is 0 Å². The van der Waals surface area contributed by atoms with Crippen molar-refractivity contribution < 1.29 is 23.9 Å². The van der Waals surface area contributed by atoms with Crippen molar-refractivity contribution in [2.75, 3.05) is 14.2 Å². The second-order valence-electron chi connectivity index (χ2n) is 10.3. The van der Waals surface area contributed by atoms with Gasteiger partial charge in [-0.05, 0) is 35.4 Å². The topological polar surface area (TPSA) is 81.7 Å². The van der Waals surface area contributed by atoms with E-state index in [4.69, 9.17) is 9.47 Å². The van der Waals surface area contributed by atoms with E-state index in [-0.39, 0.29) is 17.3 Å². The van der Waals surface area contributed by atoms with E-state index in [0.29, 0.717) is 45.0 Å². The third-order valence-electron chi connectivity index (χ3n) is 8.51. The van der Waals surface area contributed by atoms with E-state index in [2.05, 4.69) is 5.32 Å². The molecular weight excluding hydrogens is 502 g/mol. The first-order chi connectivity index (χ1) is 19.5. The van der Waals surface area contributed by atoms with Crippen LogP contribution in [-0.4, -0.2) is 31.6 Å². The zero-order valence-electron chi connectivity index (χ0n) is 21.9. The summed E-state index contributed by atoms with van der Waals surface area (Å²) >= 11 is 0. The third kappa shape index (κ3) is 3.07. The molecule has 0 aromatic heterocycles. The minimum absolute atomic E-state index is 0.178. The van der Waals surface area contributed by atoms with E-state index in [1.807, 2.05) is 54.6 Å². The molecule has 1 N–H and O–H groups in total. The van der Waals surface area contributed by atoms with Gasteiger partial charge in [-0.3, -0.25) is 14.4 Å². The Morgan fingerprint density at radius 3 is 1.60 bits per heavy atom. The summed E-state index contributed by atoms with van der Waals surface area (Å²) in [6.07, 6.45) is 0. The average molecular weight is 528 g/mol. The molecule has 0 amide bonds. The van der Waals surface area contributed by atoms with Gasteiger partial charge in [0, 0.05) is 33.7 Å². The molecule has 1 heterocycles. The van der Waals surface area contributed by atoms with Gasteiger partial charge in [0.15, 0.2) is 17.3 Å². The summed E-state index contributed by atoms with van der Waals surface area (Å²) in [7, 11) is 3.17. The number of hydrogen-bond donors (Lipinski definition) is 1. The highest BCUT2D eigenvalue weighted by Gasteiger charge is 2.67. The Morgan fingerprint density at radius 2 is 1.07 bits per heavy atom. The molecular formula is C34H25NO5. The van der Waals surface area contributed by atoms with Crippen molar-refractivity contribution in [2.24, 2.45) is 5.41 Å². The van der Waals surface area contributed by atoms with Gasteiger partial charge >= 0.3 is 0 Å².